The minimum absolute atomic E-state index is 0.0420. The molecule has 6 nitrogen and oxygen atoms in total. The van der Waals surface area contributed by atoms with Crippen molar-refractivity contribution < 1.29 is 14.3 Å². The Bertz CT molecular complexity index is 574. The van der Waals surface area contributed by atoms with E-state index < -0.39 is 0 Å². The molecule has 0 atom stereocenters. The molecular weight excluding hydrogens is 326 g/mol. The Morgan fingerprint density at radius 3 is 2.50 bits per heavy atom. The molecule has 0 N–H and O–H groups in total. The number of hydrogen-bond acceptors (Lipinski definition) is 5. The molecule has 0 unspecified atom stereocenters. The van der Waals surface area contributed by atoms with Gasteiger partial charge in [-0.3, -0.25) is 14.5 Å². The normalized spacial score (nSPS) is 19.8. The maximum atomic E-state index is 12.3. The van der Waals surface area contributed by atoms with Gasteiger partial charge in [0.2, 0.25) is 11.8 Å². The van der Waals surface area contributed by atoms with Crippen molar-refractivity contribution in [3.05, 3.63) is 28.5 Å². The van der Waals surface area contributed by atoms with Gasteiger partial charge in [0.25, 0.3) is 0 Å². The molecular formula is C17H23N3O3S. The van der Waals surface area contributed by atoms with Crippen molar-refractivity contribution in [3.8, 4) is 0 Å². The Morgan fingerprint density at radius 1 is 1.08 bits per heavy atom. The summed E-state index contributed by atoms with van der Waals surface area (Å²) >= 11 is 1.62. The van der Waals surface area contributed by atoms with Gasteiger partial charge in [-0.2, -0.15) is 11.3 Å². The monoisotopic (exact) mass is 349 g/mol. The van der Waals surface area contributed by atoms with Gasteiger partial charge in [0.05, 0.1) is 19.8 Å². The highest BCUT2D eigenvalue weighted by Gasteiger charge is 2.24. The first-order valence-electron chi connectivity index (χ1n) is 8.29. The Morgan fingerprint density at radius 2 is 1.83 bits per heavy atom. The van der Waals surface area contributed by atoms with Crippen LogP contribution >= 0.6 is 11.3 Å². The van der Waals surface area contributed by atoms with Crippen LogP contribution in [0.5, 0.6) is 0 Å². The van der Waals surface area contributed by atoms with Crippen LogP contribution in [0.15, 0.2) is 22.9 Å². The number of morpholine rings is 1. The lowest BCUT2D eigenvalue weighted by Crippen LogP contribution is -2.52. The molecule has 3 rings (SSSR count). The Hall–Kier alpha value is -1.70. The van der Waals surface area contributed by atoms with Gasteiger partial charge >= 0.3 is 0 Å². The predicted molar refractivity (Wildman–Crippen MR) is 93.8 cm³/mol. The van der Waals surface area contributed by atoms with Gasteiger partial charge in [-0.05, 0) is 28.5 Å². The third kappa shape index (κ3) is 4.66. The zero-order valence-electron chi connectivity index (χ0n) is 13.7. The van der Waals surface area contributed by atoms with Gasteiger partial charge in [0.1, 0.15) is 0 Å². The third-order valence-corrected chi connectivity index (χ3v) is 5.07. The molecule has 2 fully saturated rings. The Balaban J connectivity index is 1.42. The molecule has 2 aliphatic rings. The van der Waals surface area contributed by atoms with E-state index in [1.807, 2.05) is 32.7 Å². The van der Waals surface area contributed by atoms with Crippen LogP contribution < -0.4 is 0 Å². The van der Waals surface area contributed by atoms with Crippen LogP contribution in [0.2, 0.25) is 0 Å². The standard InChI is InChI=1S/C17H23N3O3S/c21-16(2-1-15-3-12-24-14-15)19-6-4-18(5-7-19)13-17(22)20-8-10-23-11-9-20/h1-3,12,14H,4-11,13H2. The number of amides is 2. The first-order valence-corrected chi connectivity index (χ1v) is 9.24. The smallest absolute Gasteiger partial charge is 0.246 e. The first kappa shape index (κ1) is 17.1. The summed E-state index contributed by atoms with van der Waals surface area (Å²) in [7, 11) is 0. The van der Waals surface area contributed by atoms with E-state index in [1.54, 1.807) is 17.4 Å². The topological polar surface area (TPSA) is 53.1 Å². The van der Waals surface area contributed by atoms with E-state index in [1.165, 1.54) is 0 Å². The van der Waals surface area contributed by atoms with Gasteiger partial charge < -0.3 is 14.5 Å². The highest BCUT2D eigenvalue weighted by molar-refractivity contribution is 7.08. The fourth-order valence-corrected chi connectivity index (χ4v) is 3.50. The second-order valence-electron chi connectivity index (χ2n) is 5.98. The lowest BCUT2D eigenvalue weighted by Gasteiger charge is -2.35. The summed E-state index contributed by atoms with van der Waals surface area (Å²) in [5.41, 5.74) is 1.06. The average Bonchev–Trinajstić information content (AvgIpc) is 3.14. The van der Waals surface area contributed by atoms with E-state index in [9.17, 15) is 9.59 Å². The molecule has 0 bridgehead atoms. The Labute approximate surface area is 146 Å². The van der Waals surface area contributed by atoms with Gasteiger partial charge in [-0.15, -0.1) is 0 Å². The summed E-state index contributed by atoms with van der Waals surface area (Å²) in [6.07, 6.45) is 3.49. The summed E-state index contributed by atoms with van der Waals surface area (Å²) < 4.78 is 5.27. The highest BCUT2D eigenvalue weighted by Crippen LogP contribution is 2.09. The number of nitrogens with zero attached hydrogens (tertiary/aromatic N) is 3. The maximum Gasteiger partial charge on any atom is 0.246 e. The number of carbonyl (C=O) groups excluding carboxylic acids is 2. The molecule has 0 spiro atoms. The van der Waals surface area contributed by atoms with Gasteiger partial charge in [0, 0.05) is 45.3 Å². The van der Waals surface area contributed by atoms with Crippen LogP contribution in [0.25, 0.3) is 6.08 Å². The Kier molecular flexibility index (Phi) is 6.01. The van der Waals surface area contributed by atoms with Crippen molar-refractivity contribution in [1.82, 2.24) is 14.7 Å². The van der Waals surface area contributed by atoms with E-state index in [4.69, 9.17) is 4.74 Å². The second-order valence-corrected chi connectivity index (χ2v) is 6.76. The zero-order chi connectivity index (χ0) is 16.8. The fourth-order valence-electron chi connectivity index (χ4n) is 2.87. The molecule has 2 amide bonds. The van der Waals surface area contributed by atoms with Crippen molar-refractivity contribution in [1.29, 1.82) is 0 Å². The number of piperazine rings is 1. The fraction of sp³-hybridized carbons (Fsp3) is 0.529. The number of ether oxygens (including phenoxy) is 1. The number of rotatable bonds is 4. The first-order chi connectivity index (χ1) is 11.7. The summed E-state index contributed by atoms with van der Waals surface area (Å²) in [5.74, 6) is 0.204. The summed E-state index contributed by atoms with van der Waals surface area (Å²) in [5, 5.41) is 4.01. The van der Waals surface area contributed by atoms with Crippen LogP contribution in [0.4, 0.5) is 0 Å². The molecule has 0 radical (unpaired) electrons. The summed E-state index contributed by atoms with van der Waals surface area (Å²) in [6, 6.07) is 1.99. The molecule has 0 saturated carbocycles. The van der Waals surface area contributed by atoms with Crippen molar-refractivity contribution >= 4 is 29.2 Å². The van der Waals surface area contributed by atoms with Crippen molar-refractivity contribution in [2.24, 2.45) is 0 Å². The van der Waals surface area contributed by atoms with Gasteiger partial charge in [0.15, 0.2) is 0 Å². The van der Waals surface area contributed by atoms with Crippen LogP contribution in [0, 0.1) is 0 Å². The molecule has 0 aromatic carbocycles. The molecule has 130 valence electrons. The van der Waals surface area contributed by atoms with Crippen molar-refractivity contribution in [3.63, 3.8) is 0 Å². The minimum atomic E-state index is 0.0420. The quantitative estimate of drug-likeness (QED) is 0.754. The van der Waals surface area contributed by atoms with Gasteiger partial charge in [-0.1, -0.05) is 0 Å². The molecule has 2 saturated heterocycles. The van der Waals surface area contributed by atoms with Crippen LogP contribution in [-0.4, -0.2) is 85.5 Å². The molecule has 2 aliphatic heterocycles. The van der Waals surface area contributed by atoms with E-state index in [0.717, 1.165) is 18.7 Å². The molecule has 1 aromatic rings. The summed E-state index contributed by atoms with van der Waals surface area (Å²) in [6.45, 7) is 5.89. The molecule has 3 heterocycles. The SMILES string of the molecule is O=C(C=Cc1ccsc1)N1CCN(CC(=O)N2CCOCC2)CC1. The second kappa shape index (κ2) is 8.41. The van der Waals surface area contributed by atoms with Crippen LogP contribution in [0.3, 0.4) is 0 Å². The van der Waals surface area contributed by atoms with Crippen LogP contribution in [-0.2, 0) is 14.3 Å². The van der Waals surface area contributed by atoms with Crippen molar-refractivity contribution in [2.45, 2.75) is 0 Å². The number of thiophene rings is 1. The van der Waals surface area contributed by atoms with E-state index >= 15 is 0 Å². The zero-order valence-corrected chi connectivity index (χ0v) is 14.5. The largest absolute Gasteiger partial charge is 0.378 e. The highest BCUT2D eigenvalue weighted by atomic mass is 32.1. The number of hydrogen-bond donors (Lipinski definition) is 0. The number of carbonyl (C=O) groups is 2. The van der Waals surface area contributed by atoms with E-state index in [2.05, 4.69) is 4.90 Å². The minimum Gasteiger partial charge on any atom is -0.378 e. The van der Waals surface area contributed by atoms with Crippen LogP contribution in [0.1, 0.15) is 5.56 Å². The third-order valence-electron chi connectivity index (χ3n) is 4.37. The molecule has 24 heavy (non-hydrogen) atoms. The van der Waals surface area contributed by atoms with Crippen molar-refractivity contribution in [2.75, 3.05) is 59.0 Å². The molecule has 1 aromatic heterocycles. The summed E-state index contributed by atoms with van der Waals surface area (Å²) in [4.78, 5) is 30.3. The lowest BCUT2D eigenvalue weighted by molar-refractivity contribution is -0.137. The average molecular weight is 349 g/mol. The maximum absolute atomic E-state index is 12.3. The van der Waals surface area contributed by atoms with Gasteiger partial charge in [-0.25, -0.2) is 0 Å². The van der Waals surface area contributed by atoms with E-state index in [-0.39, 0.29) is 11.8 Å². The molecule has 7 heteroatoms. The van der Waals surface area contributed by atoms with E-state index in [0.29, 0.717) is 45.9 Å². The molecule has 0 aliphatic carbocycles. The lowest BCUT2D eigenvalue weighted by atomic mass is 10.2. The predicted octanol–water partition coefficient (Wildman–Crippen LogP) is 0.764.